The van der Waals surface area contributed by atoms with E-state index in [1.54, 1.807) is 0 Å². The summed E-state index contributed by atoms with van der Waals surface area (Å²) in [7, 11) is 0. The summed E-state index contributed by atoms with van der Waals surface area (Å²) >= 11 is 0. The minimum Gasteiger partial charge on any atom is -0.275 e. The van der Waals surface area contributed by atoms with Crippen LogP contribution in [0, 0.1) is 5.92 Å². The van der Waals surface area contributed by atoms with Gasteiger partial charge >= 0.3 is 0 Å². The van der Waals surface area contributed by atoms with Gasteiger partial charge in [0.2, 0.25) is 0 Å². The van der Waals surface area contributed by atoms with Crippen molar-refractivity contribution in [3.05, 3.63) is 11.1 Å². The molecule has 0 N–H and O–H groups in total. The van der Waals surface area contributed by atoms with Crippen LogP contribution in [0.1, 0.15) is 39.5 Å². The molecule has 2 rings (SSSR count). The number of carbonyl (C=O) groups is 2. The zero-order chi connectivity index (χ0) is 11.0. The number of nitrogens with zero attached hydrogens (tertiary/aromatic N) is 1. The number of rotatable bonds is 2. The van der Waals surface area contributed by atoms with E-state index >= 15 is 0 Å². The average molecular weight is 207 g/mol. The van der Waals surface area contributed by atoms with E-state index in [0.717, 1.165) is 36.8 Å². The van der Waals surface area contributed by atoms with Crippen molar-refractivity contribution in [3.8, 4) is 0 Å². The molecule has 1 heterocycles. The van der Waals surface area contributed by atoms with Gasteiger partial charge in [0.25, 0.3) is 11.8 Å². The van der Waals surface area contributed by atoms with Crippen LogP contribution in [0.2, 0.25) is 0 Å². The molecule has 0 saturated carbocycles. The van der Waals surface area contributed by atoms with E-state index in [9.17, 15) is 9.59 Å². The normalized spacial score (nSPS) is 21.7. The summed E-state index contributed by atoms with van der Waals surface area (Å²) in [5.74, 6) is 0.297. The predicted octanol–water partition coefficient (Wildman–Crippen LogP) is 1.88. The summed E-state index contributed by atoms with van der Waals surface area (Å²) in [6, 6.07) is 0. The first-order valence-electron chi connectivity index (χ1n) is 5.69. The molecule has 15 heavy (non-hydrogen) atoms. The van der Waals surface area contributed by atoms with E-state index in [2.05, 4.69) is 0 Å². The first-order chi connectivity index (χ1) is 7.11. The molecule has 0 bridgehead atoms. The van der Waals surface area contributed by atoms with Crippen LogP contribution in [-0.4, -0.2) is 23.3 Å². The molecule has 2 aliphatic rings. The van der Waals surface area contributed by atoms with E-state index in [-0.39, 0.29) is 11.8 Å². The van der Waals surface area contributed by atoms with Crippen LogP contribution in [-0.2, 0) is 9.59 Å². The third kappa shape index (κ3) is 1.71. The molecule has 0 atom stereocenters. The molecule has 0 aromatic carbocycles. The quantitative estimate of drug-likeness (QED) is 0.648. The van der Waals surface area contributed by atoms with Crippen molar-refractivity contribution in [1.29, 1.82) is 0 Å². The van der Waals surface area contributed by atoms with Gasteiger partial charge in [0.1, 0.15) is 0 Å². The zero-order valence-corrected chi connectivity index (χ0v) is 9.38. The summed E-state index contributed by atoms with van der Waals surface area (Å²) in [5, 5.41) is 0. The molecule has 0 spiro atoms. The second-order valence-electron chi connectivity index (χ2n) is 4.78. The Morgan fingerprint density at radius 1 is 1.07 bits per heavy atom. The molecule has 1 aliphatic heterocycles. The summed E-state index contributed by atoms with van der Waals surface area (Å²) in [5.41, 5.74) is 1.60. The number of hydrogen-bond donors (Lipinski definition) is 0. The molecule has 0 aromatic heterocycles. The Bertz CT molecular complexity index is 314. The molecule has 0 unspecified atom stereocenters. The fraction of sp³-hybridized carbons (Fsp3) is 0.667. The van der Waals surface area contributed by atoms with E-state index in [4.69, 9.17) is 0 Å². The lowest BCUT2D eigenvalue weighted by molar-refractivity contribution is -0.138. The third-order valence-corrected chi connectivity index (χ3v) is 3.02. The fourth-order valence-electron chi connectivity index (χ4n) is 2.33. The fourth-order valence-corrected chi connectivity index (χ4v) is 2.33. The first kappa shape index (κ1) is 10.4. The summed E-state index contributed by atoms with van der Waals surface area (Å²) in [4.78, 5) is 25.3. The second kappa shape index (κ2) is 3.80. The molecule has 82 valence electrons. The second-order valence-corrected chi connectivity index (χ2v) is 4.78. The maximum atomic E-state index is 11.9. The van der Waals surface area contributed by atoms with Crippen LogP contribution in [0.25, 0.3) is 0 Å². The Balaban J connectivity index is 2.22. The van der Waals surface area contributed by atoms with Crippen LogP contribution in [0.4, 0.5) is 0 Å². The standard InChI is InChI=1S/C12H17NO2/c1-8(2)7-13-11(14)9-5-3-4-6-10(9)12(13)15/h8H,3-7H2,1-2H3. The molecular formula is C12H17NO2. The monoisotopic (exact) mass is 207 g/mol. The van der Waals surface area contributed by atoms with Gasteiger partial charge in [-0.1, -0.05) is 13.8 Å². The predicted molar refractivity (Wildman–Crippen MR) is 57.1 cm³/mol. The van der Waals surface area contributed by atoms with E-state index in [0.29, 0.717) is 12.5 Å². The van der Waals surface area contributed by atoms with Crippen molar-refractivity contribution in [3.63, 3.8) is 0 Å². The van der Waals surface area contributed by atoms with Crippen LogP contribution in [0.15, 0.2) is 11.1 Å². The van der Waals surface area contributed by atoms with Gasteiger partial charge in [-0.25, -0.2) is 0 Å². The molecule has 0 aromatic rings. The van der Waals surface area contributed by atoms with Crippen molar-refractivity contribution in [1.82, 2.24) is 4.90 Å². The molecule has 3 heteroatoms. The number of amides is 2. The highest BCUT2D eigenvalue weighted by atomic mass is 16.2. The van der Waals surface area contributed by atoms with Gasteiger partial charge in [-0.15, -0.1) is 0 Å². The molecule has 1 aliphatic carbocycles. The number of hydrogen-bond acceptors (Lipinski definition) is 2. The Hall–Kier alpha value is -1.12. The van der Waals surface area contributed by atoms with Gasteiger partial charge in [0, 0.05) is 17.7 Å². The van der Waals surface area contributed by atoms with Gasteiger partial charge in [0.15, 0.2) is 0 Å². The molecule has 0 fully saturated rings. The smallest absolute Gasteiger partial charge is 0.257 e. The Labute approximate surface area is 90.1 Å². The Morgan fingerprint density at radius 3 is 1.93 bits per heavy atom. The third-order valence-electron chi connectivity index (χ3n) is 3.02. The van der Waals surface area contributed by atoms with Crippen LogP contribution >= 0.6 is 0 Å². The number of imide groups is 1. The molecule has 2 amide bonds. The topological polar surface area (TPSA) is 37.4 Å². The molecule has 0 saturated heterocycles. The Kier molecular flexibility index (Phi) is 2.63. The molecule has 0 radical (unpaired) electrons. The van der Waals surface area contributed by atoms with E-state index < -0.39 is 0 Å². The van der Waals surface area contributed by atoms with Crippen molar-refractivity contribution in [2.24, 2.45) is 5.92 Å². The number of carbonyl (C=O) groups excluding carboxylic acids is 2. The minimum absolute atomic E-state index is 0.0246. The summed E-state index contributed by atoms with van der Waals surface area (Å²) in [6.45, 7) is 4.61. The SMILES string of the molecule is CC(C)CN1C(=O)C2=C(CCCC2)C1=O. The summed E-state index contributed by atoms with van der Waals surface area (Å²) < 4.78 is 0. The largest absolute Gasteiger partial charge is 0.275 e. The average Bonchev–Trinajstić information content (AvgIpc) is 2.44. The first-order valence-corrected chi connectivity index (χ1v) is 5.69. The zero-order valence-electron chi connectivity index (χ0n) is 9.38. The van der Waals surface area contributed by atoms with Gasteiger partial charge in [-0.05, 0) is 31.6 Å². The van der Waals surface area contributed by atoms with Gasteiger partial charge in [-0.3, -0.25) is 14.5 Å². The van der Waals surface area contributed by atoms with Crippen molar-refractivity contribution < 1.29 is 9.59 Å². The van der Waals surface area contributed by atoms with Crippen molar-refractivity contribution >= 4 is 11.8 Å². The van der Waals surface area contributed by atoms with Crippen LogP contribution in [0.5, 0.6) is 0 Å². The lowest BCUT2D eigenvalue weighted by atomic mass is 9.93. The molecular weight excluding hydrogens is 190 g/mol. The van der Waals surface area contributed by atoms with Crippen molar-refractivity contribution in [2.45, 2.75) is 39.5 Å². The lowest BCUT2D eigenvalue weighted by Gasteiger charge is -2.16. The Morgan fingerprint density at radius 2 is 1.53 bits per heavy atom. The molecule has 3 nitrogen and oxygen atoms in total. The minimum atomic E-state index is -0.0246. The van der Waals surface area contributed by atoms with Crippen LogP contribution in [0.3, 0.4) is 0 Å². The highest BCUT2D eigenvalue weighted by Gasteiger charge is 2.38. The van der Waals surface area contributed by atoms with Gasteiger partial charge < -0.3 is 0 Å². The maximum absolute atomic E-state index is 11.9. The lowest BCUT2D eigenvalue weighted by Crippen LogP contribution is -2.34. The highest BCUT2D eigenvalue weighted by molar-refractivity contribution is 6.19. The van der Waals surface area contributed by atoms with E-state index in [1.807, 2.05) is 13.8 Å². The van der Waals surface area contributed by atoms with Gasteiger partial charge in [0.05, 0.1) is 0 Å². The van der Waals surface area contributed by atoms with E-state index in [1.165, 1.54) is 4.90 Å². The van der Waals surface area contributed by atoms with Crippen molar-refractivity contribution in [2.75, 3.05) is 6.54 Å². The summed E-state index contributed by atoms with van der Waals surface area (Å²) in [6.07, 6.45) is 3.70. The highest BCUT2D eigenvalue weighted by Crippen LogP contribution is 2.33. The van der Waals surface area contributed by atoms with Gasteiger partial charge in [-0.2, -0.15) is 0 Å². The van der Waals surface area contributed by atoms with Crippen LogP contribution < -0.4 is 0 Å². The maximum Gasteiger partial charge on any atom is 0.257 e.